The summed E-state index contributed by atoms with van der Waals surface area (Å²) in [6.07, 6.45) is 0. The van der Waals surface area contributed by atoms with Crippen LogP contribution in [0.5, 0.6) is 11.5 Å². The smallest absolute Gasteiger partial charge is 0.264 e. The van der Waals surface area contributed by atoms with E-state index in [4.69, 9.17) is 13.9 Å². The number of nitrogens with zero attached hydrogens (tertiary/aromatic N) is 2. The molecule has 3 aromatic carbocycles. The van der Waals surface area contributed by atoms with Gasteiger partial charge in [-0.15, -0.1) is 0 Å². The molecule has 0 radical (unpaired) electrons. The molecule has 0 fully saturated rings. The Balaban J connectivity index is 1.81. The van der Waals surface area contributed by atoms with Gasteiger partial charge in [-0.25, -0.2) is 13.4 Å². The van der Waals surface area contributed by atoms with E-state index in [0.717, 1.165) is 5.56 Å². The number of aromatic nitrogens is 1. The number of sulfonamides is 1. The maximum Gasteiger partial charge on any atom is 0.264 e. The highest BCUT2D eigenvalue weighted by Gasteiger charge is 2.29. The average molecular weight is 479 g/mol. The summed E-state index contributed by atoms with van der Waals surface area (Å²) in [5, 5.41) is 0. The van der Waals surface area contributed by atoms with Crippen molar-refractivity contribution in [2.24, 2.45) is 0 Å². The summed E-state index contributed by atoms with van der Waals surface area (Å²) in [6.45, 7) is 3.63. The van der Waals surface area contributed by atoms with Gasteiger partial charge in [0.05, 0.1) is 36.9 Å². The summed E-state index contributed by atoms with van der Waals surface area (Å²) in [4.78, 5) is 4.81. The Morgan fingerprint density at radius 3 is 2.15 bits per heavy atom. The zero-order valence-corrected chi connectivity index (χ0v) is 20.3. The molecule has 1 aromatic heterocycles. The summed E-state index contributed by atoms with van der Waals surface area (Å²) in [7, 11) is -0.853. The molecule has 0 aliphatic heterocycles. The second-order valence-corrected chi connectivity index (χ2v) is 9.58. The van der Waals surface area contributed by atoms with E-state index in [9.17, 15) is 8.42 Å². The lowest BCUT2D eigenvalue weighted by Gasteiger charge is -2.25. The molecule has 0 spiro atoms. The van der Waals surface area contributed by atoms with Gasteiger partial charge in [0.25, 0.3) is 10.0 Å². The van der Waals surface area contributed by atoms with Crippen molar-refractivity contribution in [3.63, 3.8) is 0 Å². The summed E-state index contributed by atoms with van der Waals surface area (Å²) >= 11 is 0. The van der Waals surface area contributed by atoms with Gasteiger partial charge in [-0.05, 0) is 50.2 Å². The number of methoxy groups -OCH3 is 2. The lowest BCUT2D eigenvalue weighted by atomic mass is 10.2. The third-order valence-corrected chi connectivity index (χ3v) is 7.26. The molecule has 34 heavy (non-hydrogen) atoms. The normalized spacial score (nSPS) is 11.3. The Morgan fingerprint density at radius 2 is 1.47 bits per heavy atom. The molecular formula is C26H26N2O5S. The van der Waals surface area contributed by atoms with E-state index >= 15 is 0 Å². The highest BCUT2D eigenvalue weighted by atomic mass is 32.2. The quantitative estimate of drug-likeness (QED) is 0.339. The van der Waals surface area contributed by atoms with Gasteiger partial charge in [0, 0.05) is 0 Å². The zero-order chi connectivity index (χ0) is 24.3. The molecule has 0 bridgehead atoms. The third-order valence-electron chi connectivity index (χ3n) is 5.49. The molecule has 176 valence electrons. The van der Waals surface area contributed by atoms with Gasteiger partial charge in [0.15, 0.2) is 0 Å². The van der Waals surface area contributed by atoms with Crippen molar-refractivity contribution in [3.8, 4) is 23.0 Å². The largest absolute Gasteiger partial charge is 0.496 e. The van der Waals surface area contributed by atoms with Crippen LogP contribution in [0.25, 0.3) is 11.5 Å². The van der Waals surface area contributed by atoms with Crippen LogP contribution in [0.4, 0.5) is 5.69 Å². The van der Waals surface area contributed by atoms with Crippen molar-refractivity contribution in [2.45, 2.75) is 25.3 Å². The number of aryl methyl sites for hydroxylation is 2. The fourth-order valence-electron chi connectivity index (χ4n) is 3.62. The highest BCUT2D eigenvalue weighted by Crippen LogP contribution is 2.35. The van der Waals surface area contributed by atoms with Crippen molar-refractivity contribution in [1.82, 2.24) is 4.98 Å². The van der Waals surface area contributed by atoms with E-state index < -0.39 is 10.0 Å². The molecule has 7 nitrogen and oxygen atoms in total. The molecule has 0 saturated carbocycles. The predicted octanol–water partition coefficient (Wildman–Crippen LogP) is 5.37. The van der Waals surface area contributed by atoms with E-state index in [1.165, 1.54) is 11.4 Å². The van der Waals surface area contributed by atoms with Crippen molar-refractivity contribution >= 4 is 15.7 Å². The minimum atomic E-state index is -3.94. The maximum absolute atomic E-state index is 13.8. The molecule has 0 atom stereocenters. The summed E-state index contributed by atoms with van der Waals surface area (Å²) in [6, 6.07) is 21.1. The van der Waals surface area contributed by atoms with E-state index in [2.05, 4.69) is 4.98 Å². The number of oxazole rings is 1. The average Bonchev–Trinajstić information content (AvgIpc) is 3.22. The molecule has 4 aromatic rings. The minimum absolute atomic E-state index is 0.0406. The number of rotatable bonds is 8. The predicted molar refractivity (Wildman–Crippen MR) is 131 cm³/mol. The standard InChI is InChI=1S/C26H26N2O5S/c1-18-13-15-20(16-14-18)34(29,30)28(23-10-6-8-12-25(23)32-4)17-22-19(2)33-26(27-22)21-9-5-7-11-24(21)31-3/h5-16H,17H2,1-4H3. The van der Waals surface area contributed by atoms with Crippen LogP contribution < -0.4 is 13.8 Å². The van der Waals surface area contributed by atoms with Gasteiger partial charge in [-0.3, -0.25) is 4.31 Å². The second kappa shape index (κ2) is 9.61. The molecule has 0 amide bonds. The van der Waals surface area contributed by atoms with E-state index in [-0.39, 0.29) is 11.4 Å². The molecule has 0 unspecified atom stereocenters. The summed E-state index contributed by atoms with van der Waals surface area (Å²) in [5.41, 5.74) is 2.55. The Hall–Kier alpha value is -3.78. The fraction of sp³-hybridized carbons (Fsp3) is 0.192. The second-order valence-electron chi connectivity index (χ2n) is 7.72. The van der Waals surface area contributed by atoms with E-state index in [0.29, 0.717) is 40.1 Å². The molecule has 4 rings (SSSR count). The number of ether oxygens (including phenoxy) is 2. The van der Waals surface area contributed by atoms with Gasteiger partial charge >= 0.3 is 0 Å². The Morgan fingerprint density at radius 1 is 0.853 bits per heavy atom. The number of anilines is 1. The number of para-hydroxylation sites is 3. The van der Waals surface area contributed by atoms with Gasteiger partial charge in [-0.1, -0.05) is 42.0 Å². The topological polar surface area (TPSA) is 81.9 Å². The Kier molecular flexibility index (Phi) is 6.61. The van der Waals surface area contributed by atoms with Crippen LogP contribution in [-0.4, -0.2) is 27.6 Å². The van der Waals surface area contributed by atoms with Crippen molar-refractivity contribution < 1.29 is 22.3 Å². The number of hydrogen-bond donors (Lipinski definition) is 0. The van der Waals surface area contributed by atoms with Crippen LogP contribution in [0.15, 0.2) is 82.1 Å². The first kappa shape index (κ1) is 23.4. The number of hydrogen-bond acceptors (Lipinski definition) is 6. The third kappa shape index (κ3) is 4.49. The maximum atomic E-state index is 13.8. The van der Waals surface area contributed by atoms with E-state index in [1.807, 2.05) is 31.2 Å². The first-order valence-electron chi connectivity index (χ1n) is 10.7. The van der Waals surface area contributed by atoms with Crippen LogP contribution in [0.3, 0.4) is 0 Å². The fourth-order valence-corrected chi connectivity index (χ4v) is 5.06. The van der Waals surface area contributed by atoms with E-state index in [1.54, 1.807) is 62.6 Å². The SMILES string of the molecule is COc1ccccc1-c1nc(CN(c2ccccc2OC)S(=O)(=O)c2ccc(C)cc2)c(C)o1. The lowest BCUT2D eigenvalue weighted by Crippen LogP contribution is -2.31. The molecule has 0 N–H and O–H groups in total. The molecule has 0 aliphatic carbocycles. The van der Waals surface area contributed by atoms with Crippen LogP contribution in [-0.2, 0) is 16.6 Å². The van der Waals surface area contributed by atoms with Gasteiger partial charge in [0.2, 0.25) is 5.89 Å². The lowest BCUT2D eigenvalue weighted by molar-refractivity contribution is 0.414. The molecule has 1 heterocycles. The Labute approximate surface area is 199 Å². The van der Waals surface area contributed by atoms with Crippen molar-refractivity contribution in [2.75, 3.05) is 18.5 Å². The van der Waals surface area contributed by atoms with Crippen LogP contribution in [0.1, 0.15) is 17.0 Å². The summed E-state index contributed by atoms with van der Waals surface area (Å²) < 4.78 is 45.7. The van der Waals surface area contributed by atoms with Gasteiger partial charge in [-0.2, -0.15) is 0 Å². The van der Waals surface area contributed by atoms with Crippen LogP contribution >= 0.6 is 0 Å². The molecule has 0 aliphatic rings. The highest BCUT2D eigenvalue weighted by molar-refractivity contribution is 7.92. The van der Waals surface area contributed by atoms with Crippen LogP contribution in [0.2, 0.25) is 0 Å². The number of benzene rings is 3. The summed E-state index contributed by atoms with van der Waals surface area (Å²) in [5.74, 6) is 1.92. The van der Waals surface area contributed by atoms with Crippen molar-refractivity contribution in [1.29, 1.82) is 0 Å². The zero-order valence-electron chi connectivity index (χ0n) is 19.5. The minimum Gasteiger partial charge on any atom is -0.496 e. The first-order chi connectivity index (χ1) is 16.3. The molecular weight excluding hydrogens is 452 g/mol. The van der Waals surface area contributed by atoms with Gasteiger partial charge < -0.3 is 13.9 Å². The van der Waals surface area contributed by atoms with Crippen molar-refractivity contribution in [3.05, 3.63) is 89.8 Å². The van der Waals surface area contributed by atoms with Crippen LogP contribution in [0, 0.1) is 13.8 Å². The first-order valence-corrected chi connectivity index (χ1v) is 12.1. The monoisotopic (exact) mass is 478 g/mol. The molecule has 0 saturated heterocycles. The van der Waals surface area contributed by atoms with Gasteiger partial charge in [0.1, 0.15) is 23.0 Å². The molecule has 8 heteroatoms. The Bertz CT molecular complexity index is 1390.